The quantitative estimate of drug-likeness (QED) is 0.645. The molecule has 2 aromatic carbocycles. The highest BCUT2D eigenvalue weighted by Crippen LogP contribution is 2.15. The van der Waals surface area contributed by atoms with Crippen LogP contribution in [0.1, 0.15) is 38.8 Å². The monoisotopic (exact) mass is 340 g/mol. The lowest BCUT2D eigenvalue weighted by Crippen LogP contribution is -2.24. The molecule has 1 atom stereocenters. The average Bonchev–Trinajstić information content (AvgIpc) is 2.56. The molecule has 6 nitrogen and oxygen atoms in total. The van der Waals surface area contributed by atoms with Crippen LogP contribution in [0.4, 0.5) is 10.5 Å². The highest BCUT2D eigenvalue weighted by Gasteiger charge is 2.20. The van der Waals surface area contributed by atoms with Crippen LogP contribution >= 0.6 is 0 Å². The second-order valence-electron chi connectivity index (χ2n) is 5.78. The van der Waals surface area contributed by atoms with Crippen LogP contribution in [0.5, 0.6) is 0 Å². The fourth-order valence-corrected chi connectivity index (χ4v) is 2.24. The van der Waals surface area contributed by atoms with Crippen LogP contribution in [0.25, 0.3) is 0 Å². The smallest absolute Gasteiger partial charge is 0.338 e. The summed E-state index contributed by atoms with van der Waals surface area (Å²) in [7, 11) is 0. The molecular formula is C19H20N2O4. The van der Waals surface area contributed by atoms with Gasteiger partial charge in [-0.1, -0.05) is 12.1 Å². The third-order valence-corrected chi connectivity index (χ3v) is 3.83. The summed E-state index contributed by atoms with van der Waals surface area (Å²) in [5, 5.41) is 2.39. The summed E-state index contributed by atoms with van der Waals surface area (Å²) in [5.74, 6) is -0.876. The first-order chi connectivity index (χ1) is 11.8. The van der Waals surface area contributed by atoms with Gasteiger partial charge in [-0.3, -0.25) is 4.79 Å². The number of carbonyl (C=O) groups is 3. The fraction of sp³-hybridized carbons (Fsp3) is 0.211. The number of nitrogens with two attached hydrogens (primary N) is 1. The Balaban J connectivity index is 2.04. The number of primary amides is 1. The Bertz CT molecular complexity index is 813. The number of hydrogen-bond acceptors (Lipinski definition) is 4. The third kappa shape index (κ3) is 4.67. The second kappa shape index (κ2) is 7.61. The zero-order valence-corrected chi connectivity index (χ0v) is 14.3. The lowest BCUT2D eigenvalue weighted by molar-refractivity contribution is 0.0319. The largest absolute Gasteiger partial charge is 0.451 e. The number of anilines is 1. The Labute approximate surface area is 146 Å². The number of hydrogen-bond donors (Lipinski definition) is 2. The van der Waals surface area contributed by atoms with Gasteiger partial charge in [0.1, 0.15) is 0 Å². The van der Waals surface area contributed by atoms with Crippen molar-refractivity contribution in [1.82, 2.24) is 0 Å². The van der Waals surface area contributed by atoms with Gasteiger partial charge in [-0.05, 0) is 62.2 Å². The predicted molar refractivity (Wildman–Crippen MR) is 94.8 cm³/mol. The highest BCUT2D eigenvalue weighted by atomic mass is 16.5. The highest BCUT2D eigenvalue weighted by molar-refractivity contribution is 6.01. The molecule has 0 spiro atoms. The second-order valence-corrected chi connectivity index (χ2v) is 5.78. The first-order valence-electron chi connectivity index (χ1n) is 7.77. The number of Topliss-reactive ketones (excluding diaryl/α,β-unsaturated/α-hetero) is 1. The minimum atomic E-state index is -0.905. The van der Waals surface area contributed by atoms with Gasteiger partial charge in [-0.25, -0.2) is 9.59 Å². The van der Waals surface area contributed by atoms with Gasteiger partial charge in [0.05, 0.1) is 5.56 Å². The maximum Gasteiger partial charge on any atom is 0.338 e. The van der Waals surface area contributed by atoms with E-state index < -0.39 is 18.1 Å². The van der Waals surface area contributed by atoms with E-state index in [0.717, 1.165) is 11.1 Å². The van der Waals surface area contributed by atoms with Gasteiger partial charge in [0.2, 0.25) is 5.78 Å². The number of rotatable bonds is 5. The van der Waals surface area contributed by atoms with Crippen molar-refractivity contribution in [3.05, 3.63) is 64.7 Å². The molecule has 1 unspecified atom stereocenters. The van der Waals surface area contributed by atoms with Crippen molar-refractivity contribution in [1.29, 1.82) is 0 Å². The van der Waals surface area contributed by atoms with Gasteiger partial charge in [0.25, 0.3) is 0 Å². The van der Waals surface area contributed by atoms with Gasteiger partial charge in [0, 0.05) is 11.3 Å². The number of amides is 2. The Morgan fingerprint density at radius 2 is 1.56 bits per heavy atom. The van der Waals surface area contributed by atoms with E-state index in [-0.39, 0.29) is 11.3 Å². The Kier molecular flexibility index (Phi) is 5.54. The average molecular weight is 340 g/mol. The molecule has 0 heterocycles. The minimum Gasteiger partial charge on any atom is -0.451 e. The molecule has 2 aromatic rings. The van der Waals surface area contributed by atoms with E-state index in [1.165, 1.54) is 24.3 Å². The molecule has 2 amide bonds. The molecule has 0 fully saturated rings. The standard InChI is InChI=1S/C19H20N2O4/c1-11-4-5-15(10-12(11)2)17(22)13(3)25-18(23)14-6-8-16(9-7-14)21-19(20)24/h4-10,13H,1-3H3,(H3,20,21,24). The molecule has 0 aliphatic carbocycles. The Morgan fingerprint density at radius 3 is 2.12 bits per heavy atom. The van der Waals surface area contributed by atoms with Crippen LogP contribution in [-0.4, -0.2) is 23.9 Å². The molecule has 0 aliphatic rings. The molecular weight excluding hydrogens is 320 g/mol. The van der Waals surface area contributed by atoms with Crippen LogP contribution in [0.15, 0.2) is 42.5 Å². The summed E-state index contributed by atoms with van der Waals surface area (Å²) in [4.78, 5) is 35.3. The van der Waals surface area contributed by atoms with Crippen LogP contribution in [0.2, 0.25) is 0 Å². The predicted octanol–water partition coefficient (Wildman–Crippen LogP) is 3.22. The maximum atomic E-state index is 12.4. The third-order valence-electron chi connectivity index (χ3n) is 3.83. The molecule has 0 saturated carbocycles. The topological polar surface area (TPSA) is 98.5 Å². The van der Waals surface area contributed by atoms with Crippen molar-refractivity contribution in [2.75, 3.05) is 5.32 Å². The number of ketones is 1. The zero-order valence-electron chi connectivity index (χ0n) is 14.3. The number of urea groups is 1. The summed E-state index contributed by atoms with van der Waals surface area (Å²) < 4.78 is 5.24. The van der Waals surface area contributed by atoms with Gasteiger partial charge in [-0.15, -0.1) is 0 Å². The van der Waals surface area contributed by atoms with E-state index in [1.807, 2.05) is 19.9 Å². The summed E-state index contributed by atoms with van der Waals surface area (Å²) in [5.41, 5.74) is 8.35. The first kappa shape index (κ1) is 18.2. The molecule has 3 N–H and O–H groups in total. The van der Waals surface area contributed by atoms with Crippen LogP contribution < -0.4 is 11.1 Å². The molecule has 0 radical (unpaired) electrons. The Hall–Kier alpha value is -3.15. The van der Waals surface area contributed by atoms with Crippen molar-refractivity contribution < 1.29 is 19.1 Å². The van der Waals surface area contributed by atoms with E-state index in [9.17, 15) is 14.4 Å². The molecule has 0 bridgehead atoms. The van der Waals surface area contributed by atoms with Gasteiger partial charge < -0.3 is 15.8 Å². The molecule has 0 aromatic heterocycles. The SMILES string of the molecule is Cc1ccc(C(=O)C(C)OC(=O)c2ccc(NC(N)=O)cc2)cc1C. The van der Waals surface area contributed by atoms with Crippen LogP contribution in [0.3, 0.4) is 0 Å². The number of benzene rings is 2. The number of aryl methyl sites for hydroxylation is 2. The van der Waals surface area contributed by atoms with Gasteiger partial charge in [-0.2, -0.15) is 0 Å². The van der Waals surface area contributed by atoms with Gasteiger partial charge in [0.15, 0.2) is 6.10 Å². The van der Waals surface area contributed by atoms with Crippen LogP contribution in [-0.2, 0) is 4.74 Å². The van der Waals surface area contributed by atoms with Crippen molar-refractivity contribution in [3.8, 4) is 0 Å². The molecule has 6 heteroatoms. The van der Waals surface area contributed by atoms with Crippen LogP contribution in [0, 0.1) is 13.8 Å². The first-order valence-corrected chi connectivity index (χ1v) is 7.77. The maximum absolute atomic E-state index is 12.4. The summed E-state index contributed by atoms with van der Waals surface area (Å²) in [6.07, 6.45) is -0.905. The number of esters is 1. The summed E-state index contributed by atoms with van der Waals surface area (Å²) in [6.45, 7) is 5.42. The minimum absolute atomic E-state index is 0.261. The van der Waals surface area contributed by atoms with Crippen molar-refractivity contribution in [3.63, 3.8) is 0 Å². The van der Waals surface area contributed by atoms with Crippen molar-refractivity contribution in [2.45, 2.75) is 26.9 Å². The van der Waals surface area contributed by atoms with E-state index in [2.05, 4.69) is 5.32 Å². The Morgan fingerprint density at radius 1 is 0.960 bits per heavy atom. The van der Waals surface area contributed by atoms with E-state index >= 15 is 0 Å². The van der Waals surface area contributed by atoms with E-state index in [1.54, 1.807) is 19.1 Å². The normalized spacial score (nSPS) is 11.5. The van der Waals surface area contributed by atoms with E-state index in [0.29, 0.717) is 11.3 Å². The van der Waals surface area contributed by atoms with E-state index in [4.69, 9.17) is 10.5 Å². The number of nitrogens with one attached hydrogen (secondary N) is 1. The summed E-state index contributed by atoms with van der Waals surface area (Å²) >= 11 is 0. The zero-order chi connectivity index (χ0) is 18.6. The molecule has 0 saturated heterocycles. The summed E-state index contributed by atoms with van der Waals surface area (Å²) in [6, 6.07) is 10.7. The van der Waals surface area contributed by atoms with Crippen molar-refractivity contribution in [2.24, 2.45) is 5.73 Å². The van der Waals surface area contributed by atoms with Gasteiger partial charge >= 0.3 is 12.0 Å². The number of ether oxygens (including phenoxy) is 1. The molecule has 0 aliphatic heterocycles. The fourth-order valence-electron chi connectivity index (χ4n) is 2.24. The molecule has 130 valence electrons. The van der Waals surface area contributed by atoms with Crippen molar-refractivity contribution >= 4 is 23.5 Å². The number of carbonyl (C=O) groups excluding carboxylic acids is 3. The molecule has 2 rings (SSSR count). The lowest BCUT2D eigenvalue weighted by atomic mass is 10.0. The molecule has 25 heavy (non-hydrogen) atoms. The lowest BCUT2D eigenvalue weighted by Gasteiger charge is -2.13.